The molecule has 0 atom stereocenters. The second-order valence-corrected chi connectivity index (χ2v) is 6.45. The molecule has 26 heavy (non-hydrogen) atoms. The Morgan fingerprint density at radius 1 is 1.15 bits per heavy atom. The Morgan fingerprint density at radius 3 is 2.65 bits per heavy atom. The SMILES string of the molecule is CCNC(=NCCCCOCc1ccccc1)N(C)Cc1cccn1C. The number of benzene rings is 1. The van der Waals surface area contributed by atoms with E-state index in [1.54, 1.807) is 0 Å². The molecule has 1 aromatic carbocycles. The van der Waals surface area contributed by atoms with Gasteiger partial charge in [0, 0.05) is 45.7 Å². The van der Waals surface area contributed by atoms with Crippen molar-refractivity contribution < 1.29 is 4.74 Å². The van der Waals surface area contributed by atoms with Gasteiger partial charge in [-0.15, -0.1) is 0 Å². The zero-order valence-corrected chi connectivity index (χ0v) is 16.3. The van der Waals surface area contributed by atoms with Gasteiger partial charge in [0.1, 0.15) is 0 Å². The molecule has 0 saturated carbocycles. The molecule has 5 nitrogen and oxygen atoms in total. The molecule has 2 aromatic rings. The molecule has 5 heteroatoms. The molecule has 1 heterocycles. The van der Waals surface area contributed by atoms with E-state index in [0.717, 1.165) is 45.0 Å². The van der Waals surface area contributed by atoms with E-state index in [4.69, 9.17) is 9.73 Å². The maximum Gasteiger partial charge on any atom is 0.194 e. The first-order chi connectivity index (χ1) is 12.7. The van der Waals surface area contributed by atoms with Crippen molar-refractivity contribution in [1.82, 2.24) is 14.8 Å². The molecule has 0 spiro atoms. The molecule has 1 aromatic heterocycles. The van der Waals surface area contributed by atoms with Crippen LogP contribution in [0.15, 0.2) is 53.7 Å². The molecule has 0 aliphatic carbocycles. The van der Waals surface area contributed by atoms with Gasteiger partial charge < -0.3 is 19.5 Å². The average Bonchev–Trinajstić information content (AvgIpc) is 3.05. The van der Waals surface area contributed by atoms with Crippen LogP contribution in [-0.2, 0) is 24.9 Å². The molecule has 0 saturated heterocycles. The summed E-state index contributed by atoms with van der Waals surface area (Å²) < 4.78 is 7.87. The van der Waals surface area contributed by atoms with Crippen LogP contribution in [0.5, 0.6) is 0 Å². The number of ether oxygens (including phenoxy) is 1. The molecule has 0 fully saturated rings. The van der Waals surface area contributed by atoms with E-state index in [9.17, 15) is 0 Å². The lowest BCUT2D eigenvalue weighted by atomic mass is 10.2. The fourth-order valence-electron chi connectivity index (χ4n) is 2.71. The van der Waals surface area contributed by atoms with Crippen LogP contribution >= 0.6 is 0 Å². The number of aromatic nitrogens is 1. The maximum atomic E-state index is 5.73. The number of nitrogens with zero attached hydrogens (tertiary/aromatic N) is 3. The highest BCUT2D eigenvalue weighted by Gasteiger charge is 2.07. The van der Waals surface area contributed by atoms with Crippen LogP contribution < -0.4 is 5.32 Å². The van der Waals surface area contributed by atoms with Crippen molar-refractivity contribution in [2.24, 2.45) is 12.0 Å². The molecule has 1 N–H and O–H groups in total. The van der Waals surface area contributed by atoms with Crippen molar-refractivity contribution in [3.63, 3.8) is 0 Å². The first-order valence-corrected chi connectivity index (χ1v) is 9.42. The van der Waals surface area contributed by atoms with Crippen molar-refractivity contribution in [3.8, 4) is 0 Å². The molecule has 0 bridgehead atoms. The van der Waals surface area contributed by atoms with Crippen molar-refractivity contribution in [3.05, 3.63) is 59.9 Å². The van der Waals surface area contributed by atoms with Gasteiger partial charge in [0.25, 0.3) is 0 Å². The van der Waals surface area contributed by atoms with E-state index in [0.29, 0.717) is 6.61 Å². The standard InChI is InChI=1S/C21H32N4O/c1-4-22-21(25(3)17-20-13-10-15-24(20)2)23-14-8-9-16-26-18-19-11-6-5-7-12-19/h5-7,10-13,15H,4,8-9,14,16-18H2,1-3H3,(H,22,23). The van der Waals surface area contributed by atoms with Crippen LogP contribution in [0, 0.1) is 0 Å². The predicted octanol–water partition coefficient (Wildman–Crippen LogP) is 3.42. The zero-order valence-electron chi connectivity index (χ0n) is 16.3. The predicted molar refractivity (Wildman–Crippen MR) is 108 cm³/mol. The maximum absolute atomic E-state index is 5.73. The van der Waals surface area contributed by atoms with Crippen LogP contribution in [-0.4, -0.2) is 42.2 Å². The third-order valence-electron chi connectivity index (χ3n) is 4.22. The van der Waals surface area contributed by atoms with E-state index in [1.165, 1.54) is 11.3 Å². The third-order valence-corrected chi connectivity index (χ3v) is 4.22. The zero-order chi connectivity index (χ0) is 18.6. The van der Waals surface area contributed by atoms with E-state index in [-0.39, 0.29) is 0 Å². The number of aliphatic imine (C=N–C) groups is 1. The van der Waals surface area contributed by atoms with Crippen LogP contribution in [0.1, 0.15) is 31.0 Å². The summed E-state index contributed by atoms with van der Waals surface area (Å²) in [5.41, 5.74) is 2.50. The number of hydrogen-bond donors (Lipinski definition) is 1. The van der Waals surface area contributed by atoms with Crippen LogP contribution in [0.2, 0.25) is 0 Å². The first kappa shape index (κ1) is 20.0. The van der Waals surface area contributed by atoms with Crippen molar-refractivity contribution in [2.45, 2.75) is 32.9 Å². The number of nitrogens with one attached hydrogen (secondary N) is 1. The fourth-order valence-corrected chi connectivity index (χ4v) is 2.71. The first-order valence-electron chi connectivity index (χ1n) is 9.42. The van der Waals surface area contributed by atoms with Crippen molar-refractivity contribution in [2.75, 3.05) is 26.7 Å². The largest absolute Gasteiger partial charge is 0.377 e. The smallest absolute Gasteiger partial charge is 0.194 e. The summed E-state index contributed by atoms with van der Waals surface area (Å²) >= 11 is 0. The number of unbranched alkanes of at least 4 members (excludes halogenated alkanes) is 1. The summed E-state index contributed by atoms with van der Waals surface area (Å²) in [4.78, 5) is 6.92. The van der Waals surface area contributed by atoms with Crippen molar-refractivity contribution >= 4 is 5.96 Å². The van der Waals surface area contributed by atoms with Crippen LogP contribution in [0.25, 0.3) is 0 Å². The topological polar surface area (TPSA) is 41.8 Å². The number of hydrogen-bond acceptors (Lipinski definition) is 2. The Morgan fingerprint density at radius 2 is 1.96 bits per heavy atom. The number of aryl methyl sites for hydroxylation is 1. The molecule has 0 aliphatic heterocycles. The van der Waals surface area contributed by atoms with E-state index in [2.05, 4.69) is 66.3 Å². The second kappa shape index (κ2) is 11.4. The highest BCUT2D eigenvalue weighted by Crippen LogP contribution is 2.05. The third kappa shape index (κ3) is 6.92. The van der Waals surface area contributed by atoms with Gasteiger partial charge in [-0.05, 0) is 37.5 Å². The lowest BCUT2D eigenvalue weighted by molar-refractivity contribution is 0.117. The summed E-state index contributed by atoms with van der Waals surface area (Å²) in [6, 6.07) is 14.5. The monoisotopic (exact) mass is 356 g/mol. The summed E-state index contributed by atoms with van der Waals surface area (Å²) in [5, 5.41) is 3.37. The minimum absolute atomic E-state index is 0.687. The van der Waals surface area contributed by atoms with Gasteiger partial charge >= 0.3 is 0 Å². The molecule has 0 unspecified atom stereocenters. The molecular formula is C21H32N4O. The Hall–Kier alpha value is -2.27. The minimum Gasteiger partial charge on any atom is -0.377 e. The Balaban J connectivity index is 1.68. The van der Waals surface area contributed by atoms with Crippen molar-refractivity contribution in [1.29, 1.82) is 0 Å². The molecule has 142 valence electrons. The Bertz CT molecular complexity index is 651. The fraction of sp³-hybridized carbons (Fsp3) is 0.476. The van der Waals surface area contributed by atoms with Gasteiger partial charge in [0.05, 0.1) is 13.2 Å². The lowest BCUT2D eigenvalue weighted by Crippen LogP contribution is -2.38. The van der Waals surface area contributed by atoms with Crippen LogP contribution in [0.4, 0.5) is 0 Å². The summed E-state index contributed by atoms with van der Waals surface area (Å²) in [6.07, 6.45) is 4.13. The van der Waals surface area contributed by atoms with Gasteiger partial charge in [-0.3, -0.25) is 4.99 Å². The quantitative estimate of drug-likeness (QED) is 0.403. The van der Waals surface area contributed by atoms with Gasteiger partial charge in [-0.25, -0.2) is 0 Å². The van der Waals surface area contributed by atoms with Gasteiger partial charge in [0.15, 0.2) is 5.96 Å². The van der Waals surface area contributed by atoms with E-state index in [1.807, 2.05) is 18.2 Å². The number of guanidine groups is 1. The average molecular weight is 357 g/mol. The Labute approximate surface area is 157 Å². The highest BCUT2D eigenvalue weighted by molar-refractivity contribution is 5.79. The normalized spacial score (nSPS) is 11.6. The van der Waals surface area contributed by atoms with E-state index < -0.39 is 0 Å². The second-order valence-electron chi connectivity index (χ2n) is 6.45. The molecular weight excluding hydrogens is 324 g/mol. The van der Waals surface area contributed by atoms with Gasteiger partial charge in [-0.1, -0.05) is 30.3 Å². The molecule has 0 aliphatic rings. The lowest BCUT2D eigenvalue weighted by Gasteiger charge is -2.22. The Kier molecular flexibility index (Phi) is 8.76. The summed E-state index contributed by atoms with van der Waals surface area (Å²) in [5.74, 6) is 0.957. The van der Waals surface area contributed by atoms with Gasteiger partial charge in [0.2, 0.25) is 0 Å². The number of rotatable bonds is 10. The van der Waals surface area contributed by atoms with E-state index >= 15 is 0 Å². The van der Waals surface area contributed by atoms with Crippen LogP contribution in [0.3, 0.4) is 0 Å². The molecule has 2 rings (SSSR count). The van der Waals surface area contributed by atoms with Gasteiger partial charge in [-0.2, -0.15) is 0 Å². The molecule has 0 radical (unpaired) electrons. The summed E-state index contributed by atoms with van der Waals surface area (Å²) in [7, 11) is 4.15. The molecule has 0 amide bonds. The minimum atomic E-state index is 0.687. The summed E-state index contributed by atoms with van der Waals surface area (Å²) in [6.45, 7) is 6.09. The highest BCUT2D eigenvalue weighted by atomic mass is 16.5.